The van der Waals surface area contributed by atoms with Crippen molar-refractivity contribution < 1.29 is 5.11 Å². The minimum Gasteiger partial charge on any atom is -0.396 e. The van der Waals surface area contributed by atoms with Crippen LogP contribution in [0.4, 0.5) is 0 Å². The van der Waals surface area contributed by atoms with Gasteiger partial charge in [0.25, 0.3) is 0 Å². The SMILES string of the molecule is CCC(CC)(CCO)CNCc1ccccc1C. The van der Waals surface area contributed by atoms with Gasteiger partial charge in [0, 0.05) is 19.7 Å². The molecule has 0 unspecified atom stereocenters. The van der Waals surface area contributed by atoms with E-state index >= 15 is 0 Å². The van der Waals surface area contributed by atoms with Crippen molar-refractivity contribution in [2.75, 3.05) is 13.2 Å². The second-order valence-electron chi connectivity index (χ2n) is 5.21. The predicted molar refractivity (Wildman–Crippen MR) is 77.6 cm³/mol. The van der Waals surface area contributed by atoms with Gasteiger partial charge in [-0.1, -0.05) is 38.1 Å². The van der Waals surface area contributed by atoms with Crippen LogP contribution in [0.25, 0.3) is 0 Å². The molecule has 0 atom stereocenters. The molecule has 0 amide bonds. The summed E-state index contributed by atoms with van der Waals surface area (Å²) >= 11 is 0. The fourth-order valence-corrected chi connectivity index (χ4v) is 2.45. The molecule has 1 rings (SSSR count). The largest absolute Gasteiger partial charge is 0.396 e. The molecule has 2 N–H and O–H groups in total. The molecule has 102 valence electrons. The quantitative estimate of drug-likeness (QED) is 0.741. The lowest BCUT2D eigenvalue weighted by Gasteiger charge is -2.31. The van der Waals surface area contributed by atoms with E-state index < -0.39 is 0 Å². The summed E-state index contributed by atoms with van der Waals surface area (Å²) in [5.74, 6) is 0. The number of hydrogen-bond donors (Lipinski definition) is 2. The summed E-state index contributed by atoms with van der Waals surface area (Å²) in [6.07, 6.45) is 3.12. The van der Waals surface area contributed by atoms with E-state index in [0.717, 1.165) is 32.4 Å². The maximum Gasteiger partial charge on any atom is 0.0436 e. The lowest BCUT2D eigenvalue weighted by Crippen LogP contribution is -2.34. The Balaban J connectivity index is 2.51. The highest BCUT2D eigenvalue weighted by atomic mass is 16.3. The van der Waals surface area contributed by atoms with Crippen LogP contribution in [0.5, 0.6) is 0 Å². The number of aliphatic hydroxyl groups is 1. The van der Waals surface area contributed by atoms with Crippen molar-refractivity contribution in [2.45, 2.75) is 46.6 Å². The number of hydrogen-bond acceptors (Lipinski definition) is 2. The minimum absolute atomic E-state index is 0.247. The van der Waals surface area contributed by atoms with Gasteiger partial charge in [-0.05, 0) is 42.7 Å². The predicted octanol–water partition coefficient (Wildman–Crippen LogP) is 3.27. The highest BCUT2D eigenvalue weighted by Crippen LogP contribution is 2.29. The van der Waals surface area contributed by atoms with Gasteiger partial charge in [-0.2, -0.15) is 0 Å². The molecule has 2 nitrogen and oxygen atoms in total. The van der Waals surface area contributed by atoms with Gasteiger partial charge >= 0.3 is 0 Å². The third kappa shape index (κ3) is 4.11. The Morgan fingerprint density at radius 3 is 2.39 bits per heavy atom. The van der Waals surface area contributed by atoms with Crippen LogP contribution in [0, 0.1) is 12.3 Å². The zero-order valence-corrected chi connectivity index (χ0v) is 12.0. The molecule has 0 saturated heterocycles. The van der Waals surface area contributed by atoms with Crippen molar-refractivity contribution in [1.29, 1.82) is 0 Å². The molecule has 0 radical (unpaired) electrons. The monoisotopic (exact) mass is 249 g/mol. The van der Waals surface area contributed by atoms with Crippen LogP contribution in [-0.2, 0) is 6.54 Å². The highest BCUT2D eigenvalue weighted by molar-refractivity contribution is 5.25. The minimum atomic E-state index is 0.247. The molecule has 0 aromatic heterocycles. The van der Waals surface area contributed by atoms with Gasteiger partial charge in [-0.3, -0.25) is 0 Å². The second kappa shape index (κ2) is 7.55. The number of benzene rings is 1. The number of nitrogens with one attached hydrogen (secondary N) is 1. The topological polar surface area (TPSA) is 32.3 Å². The van der Waals surface area contributed by atoms with Crippen molar-refractivity contribution in [3.8, 4) is 0 Å². The van der Waals surface area contributed by atoms with Crippen LogP contribution >= 0.6 is 0 Å². The molecule has 0 heterocycles. The zero-order chi connectivity index (χ0) is 13.4. The van der Waals surface area contributed by atoms with Crippen molar-refractivity contribution in [3.63, 3.8) is 0 Å². The maximum atomic E-state index is 9.20. The lowest BCUT2D eigenvalue weighted by molar-refractivity contribution is 0.163. The van der Waals surface area contributed by atoms with Crippen molar-refractivity contribution in [1.82, 2.24) is 5.32 Å². The van der Waals surface area contributed by atoms with E-state index in [2.05, 4.69) is 50.4 Å². The number of aryl methyl sites for hydroxylation is 1. The first-order valence-electron chi connectivity index (χ1n) is 7.03. The van der Waals surface area contributed by atoms with Gasteiger partial charge in [0.1, 0.15) is 0 Å². The Kier molecular flexibility index (Phi) is 6.37. The summed E-state index contributed by atoms with van der Waals surface area (Å²) in [5, 5.41) is 12.8. The van der Waals surface area contributed by atoms with Crippen LogP contribution in [0.1, 0.15) is 44.2 Å². The summed E-state index contributed by atoms with van der Waals surface area (Å²) in [6, 6.07) is 8.49. The van der Waals surface area contributed by atoms with Gasteiger partial charge < -0.3 is 10.4 Å². The Morgan fingerprint density at radius 2 is 1.83 bits per heavy atom. The van der Waals surface area contributed by atoms with Gasteiger partial charge in [-0.25, -0.2) is 0 Å². The Labute approximate surface area is 111 Å². The molecule has 1 aromatic carbocycles. The van der Waals surface area contributed by atoms with E-state index in [1.54, 1.807) is 0 Å². The molecule has 0 aliphatic heterocycles. The van der Waals surface area contributed by atoms with Crippen LogP contribution in [0.15, 0.2) is 24.3 Å². The van der Waals surface area contributed by atoms with E-state index in [-0.39, 0.29) is 12.0 Å². The molecule has 18 heavy (non-hydrogen) atoms. The maximum absolute atomic E-state index is 9.20. The molecule has 0 spiro atoms. The third-order valence-electron chi connectivity index (χ3n) is 4.22. The molecular weight excluding hydrogens is 222 g/mol. The molecule has 0 fully saturated rings. The molecule has 1 aromatic rings. The fourth-order valence-electron chi connectivity index (χ4n) is 2.45. The van der Waals surface area contributed by atoms with Crippen LogP contribution < -0.4 is 5.32 Å². The lowest BCUT2D eigenvalue weighted by atomic mass is 9.79. The van der Waals surface area contributed by atoms with Gasteiger partial charge in [0.2, 0.25) is 0 Å². The van der Waals surface area contributed by atoms with Crippen molar-refractivity contribution in [2.24, 2.45) is 5.41 Å². The zero-order valence-electron chi connectivity index (χ0n) is 12.0. The fraction of sp³-hybridized carbons (Fsp3) is 0.625. The molecule has 0 saturated carbocycles. The Hall–Kier alpha value is -0.860. The first-order chi connectivity index (χ1) is 8.67. The normalized spacial score (nSPS) is 11.8. The number of aliphatic hydroxyl groups excluding tert-OH is 1. The first kappa shape index (κ1) is 15.2. The average molecular weight is 249 g/mol. The molecular formula is C16H27NO. The molecule has 0 aliphatic carbocycles. The second-order valence-corrected chi connectivity index (χ2v) is 5.21. The molecule has 2 heteroatoms. The standard InChI is InChI=1S/C16H27NO/c1-4-16(5-2,10-11-18)13-17-12-15-9-7-6-8-14(15)3/h6-9,17-18H,4-5,10-13H2,1-3H3. The van der Waals surface area contributed by atoms with E-state index in [9.17, 15) is 5.11 Å². The molecule has 0 bridgehead atoms. The van der Waals surface area contributed by atoms with E-state index in [1.807, 2.05) is 0 Å². The molecule has 0 aliphatic rings. The van der Waals surface area contributed by atoms with Gasteiger partial charge in [-0.15, -0.1) is 0 Å². The average Bonchev–Trinajstić information content (AvgIpc) is 2.40. The summed E-state index contributed by atoms with van der Waals surface area (Å²) in [5.41, 5.74) is 2.95. The smallest absolute Gasteiger partial charge is 0.0436 e. The third-order valence-corrected chi connectivity index (χ3v) is 4.22. The van der Waals surface area contributed by atoms with E-state index in [1.165, 1.54) is 11.1 Å². The first-order valence-corrected chi connectivity index (χ1v) is 7.03. The summed E-state index contributed by atoms with van der Waals surface area (Å²) < 4.78 is 0. The van der Waals surface area contributed by atoms with Gasteiger partial charge in [0.15, 0.2) is 0 Å². The van der Waals surface area contributed by atoms with Gasteiger partial charge in [0.05, 0.1) is 0 Å². The van der Waals surface area contributed by atoms with E-state index in [4.69, 9.17) is 0 Å². The van der Waals surface area contributed by atoms with Crippen LogP contribution in [-0.4, -0.2) is 18.3 Å². The summed E-state index contributed by atoms with van der Waals surface area (Å²) in [7, 11) is 0. The van der Waals surface area contributed by atoms with Crippen molar-refractivity contribution in [3.05, 3.63) is 35.4 Å². The van der Waals surface area contributed by atoms with Crippen LogP contribution in [0.2, 0.25) is 0 Å². The Bertz CT molecular complexity index is 345. The highest BCUT2D eigenvalue weighted by Gasteiger charge is 2.24. The van der Waals surface area contributed by atoms with Crippen molar-refractivity contribution >= 4 is 0 Å². The number of rotatable bonds is 8. The van der Waals surface area contributed by atoms with E-state index in [0.29, 0.717) is 0 Å². The Morgan fingerprint density at radius 1 is 1.17 bits per heavy atom. The summed E-state index contributed by atoms with van der Waals surface area (Å²) in [6.45, 7) is 8.77. The summed E-state index contributed by atoms with van der Waals surface area (Å²) in [4.78, 5) is 0. The van der Waals surface area contributed by atoms with Crippen LogP contribution in [0.3, 0.4) is 0 Å².